The van der Waals surface area contributed by atoms with Crippen LogP contribution in [0.2, 0.25) is 0 Å². The van der Waals surface area contributed by atoms with Crippen LogP contribution in [0.1, 0.15) is 38.3 Å². The third kappa shape index (κ3) is 5.07. The number of nitrogens with two attached hydrogens (primary N) is 1. The topological polar surface area (TPSA) is 47.3 Å². The fourth-order valence-corrected chi connectivity index (χ4v) is 1.82. The van der Waals surface area contributed by atoms with Gasteiger partial charge in [-0.25, -0.2) is 0 Å². The van der Waals surface area contributed by atoms with Gasteiger partial charge in [-0.1, -0.05) is 19.1 Å². The van der Waals surface area contributed by atoms with Gasteiger partial charge in [0, 0.05) is 17.6 Å². The Bertz CT molecular complexity index is 369. The number of benzene rings is 1. The molecule has 0 aliphatic heterocycles. The van der Waals surface area contributed by atoms with Gasteiger partial charge in [0.1, 0.15) is 5.75 Å². The minimum absolute atomic E-state index is 0.109. The van der Waals surface area contributed by atoms with Gasteiger partial charge in [0.15, 0.2) is 0 Å². The highest BCUT2D eigenvalue weighted by Crippen LogP contribution is 2.20. The summed E-state index contributed by atoms with van der Waals surface area (Å²) in [5, 5.41) is 3.42. The van der Waals surface area contributed by atoms with Gasteiger partial charge in [0.05, 0.1) is 7.11 Å². The first-order chi connectivity index (χ1) is 8.46. The van der Waals surface area contributed by atoms with Gasteiger partial charge >= 0.3 is 0 Å². The molecule has 3 nitrogen and oxygen atoms in total. The van der Waals surface area contributed by atoms with E-state index in [-0.39, 0.29) is 5.54 Å². The molecular weight excluding hydrogens is 224 g/mol. The maximum Gasteiger partial charge on any atom is 0.123 e. The van der Waals surface area contributed by atoms with E-state index in [9.17, 15) is 0 Å². The summed E-state index contributed by atoms with van der Waals surface area (Å²) in [5.74, 6) is 0.951. The van der Waals surface area contributed by atoms with Crippen LogP contribution < -0.4 is 15.8 Å². The average Bonchev–Trinajstić information content (AvgIpc) is 2.33. The molecule has 0 saturated carbocycles. The summed E-state index contributed by atoms with van der Waals surface area (Å²) < 4.78 is 5.38. The smallest absolute Gasteiger partial charge is 0.123 e. The van der Waals surface area contributed by atoms with Crippen LogP contribution in [0.5, 0.6) is 5.75 Å². The molecular formula is C15H26N2O. The van der Waals surface area contributed by atoms with Gasteiger partial charge in [-0.2, -0.15) is 0 Å². The zero-order valence-corrected chi connectivity index (χ0v) is 12.0. The maximum atomic E-state index is 5.95. The first kappa shape index (κ1) is 15.0. The molecule has 0 bridgehead atoms. The van der Waals surface area contributed by atoms with Crippen molar-refractivity contribution in [1.82, 2.24) is 5.32 Å². The molecule has 1 aromatic carbocycles. The molecule has 1 aromatic rings. The lowest BCUT2D eigenvalue weighted by Gasteiger charge is -2.18. The SMILES string of the molecule is CCc1ccc(OC)c(CNCCC(C)(C)N)c1. The molecule has 0 spiro atoms. The van der Waals surface area contributed by atoms with Crippen LogP contribution in [0.15, 0.2) is 18.2 Å². The van der Waals surface area contributed by atoms with E-state index >= 15 is 0 Å². The first-order valence-electron chi connectivity index (χ1n) is 6.61. The zero-order chi connectivity index (χ0) is 13.6. The maximum absolute atomic E-state index is 5.95. The van der Waals surface area contributed by atoms with Crippen LogP contribution >= 0.6 is 0 Å². The highest BCUT2D eigenvalue weighted by atomic mass is 16.5. The minimum atomic E-state index is -0.109. The normalized spacial score (nSPS) is 11.6. The summed E-state index contributed by atoms with van der Waals surface area (Å²) in [4.78, 5) is 0. The molecule has 0 radical (unpaired) electrons. The van der Waals surface area contributed by atoms with E-state index in [0.29, 0.717) is 0 Å². The Hall–Kier alpha value is -1.06. The highest BCUT2D eigenvalue weighted by Gasteiger charge is 2.09. The third-order valence-corrected chi connectivity index (χ3v) is 3.01. The van der Waals surface area contributed by atoms with Gasteiger partial charge in [0.25, 0.3) is 0 Å². The lowest BCUT2D eigenvalue weighted by atomic mass is 10.0. The molecule has 3 N–H and O–H groups in total. The van der Waals surface area contributed by atoms with Crippen LogP contribution in [0, 0.1) is 0 Å². The van der Waals surface area contributed by atoms with E-state index in [1.54, 1.807) is 7.11 Å². The number of methoxy groups -OCH3 is 1. The van der Waals surface area contributed by atoms with Gasteiger partial charge in [0.2, 0.25) is 0 Å². The molecule has 0 saturated heterocycles. The molecule has 102 valence electrons. The summed E-state index contributed by atoms with van der Waals surface area (Å²) in [6, 6.07) is 6.37. The van der Waals surface area contributed by atoms with E-state index in [1.165, 1.54) is 11.1 Å². The predicted octanol–water partition coefficient (Wildman–Crippen LogP) is 2.47. The van der Waals surface area contributed by atoms with Crippen molar-refractivity contribution in [2.75, 3.05) is 13.7 Å². The summed E-state index contributed by atoms with van der Waals surface area (Å²) in [6.07, 6.45) is 2.01. The largest absolute Gasteiger partial charge is 0.496 e. The number of hydrogen-bond donors (Lipinski definition) is 2. The molecule has 0 aliphatic rings. The van der Waals surface area contributed by atoms with Crippen molar-refractivity contribution in [1.29, 1.82) is 0 Å². The van der Waals surface area contributed by atoms with Gasteiger partial charge in [-0.05, 0) is 44.9 Å². The van der Waals surface area contributed by atoms with E-state index in [0.717, 1.165) is 31.7 Å². The van der Waals surface area contributed by atoms with Gasteiger partial charge < -0.3 is 15.8 Å². The summed E-state index contributed by atoms with van der Waals surface area (Å²) >= 11 is 0. The summed E-state index contributed by atoms with van der Waals surface area (Å²) in [6.45, 7) is 8.01. The Morgan fingerprint density at radius 2 is 2.06 bits per heavy atom. The second kappa shape index (κ2) is 6.76. The molecule has 0 aliphatic carbocycles. The quantitative estimate of drug-likeness (QED) is 0.731. The number of nitrogens with one attached hydrogen (secondary N) is 1. The van der Waals surface area contributed by atoms with Crippen molar-refractivity contribution < 1.29 is 4.74 Å². The van der Waals surface area contributed by atoms with Crippen molar-refractivity contribution >= 4 is 0 Å². The van der Waals surface area contributed by atoms with Crippen molar-refractivity contribution in [3.63, 3.8) is 0 Å². The zero-order valence-electron chi connectivity index (χ0n) is 12.0. The van der Waals surface area contributed by atoms with E-state index in [2.05, 4.69) is 24.4 Å². The van der Waals surface area contributed by atoms with Crippen molar-refractivity contribution in [3.8, 4) is 5.75 Å². The van der Waals surface area contributed by atoms with E-state index in [4.69, 9.17) is 10.5 Å². The molecule has 3 heteroatoms. The molecule has 0 heterocycles. The molecule has 0 fully saturated rings. The predicted molar refractivity (Wildman–Crippen MR) is 77.0 cm³/mol. The number of hydrogen-bond acceptors (Lipinski definition) is 3. The minimum Gasteiger partial charge on any atom is -0.496 e. The fourth-order valence-electron chi connectivity index (χ4n) is 1.82. The lowest BCUT2D eigenvalue weighted by Crippen LogP contribution is -2.35. The standard InChI is InChI=1S/C15H26N2O/c1-5-12-6-7-14(18-4)13(10-12)11-17-9-8-15(2,3)16/h6-7,10,17H,5,8-9,11,16H2,1-4H3. The number of rotatable bonds is 7. The lowest BCUT2D eigenvalue weighted by molar-refractivity contribution is 0.405. The summed E-state index contributed by atoms with van der Waals surface area (Å²) in [5.41, 5.74) is 8.40. The Kier molecular flexibility index (Phi) is 5.63. The van der Waals surface area contributed by atoms with Gasteiger partial charge in [-0.3, -0.25) is 0 Å². The van der Waals surface area contributed by atoms with Crippen LogP contribution in [-0.4, -0.2) is 19.2 Å². The Morgan fingerprint density at radius 3 is 2.61 bits per heavy atom. The van der Waals surface area contributed by atoms with E-state index < -0.39 is 0 Å². The average molecular weight is 250 g/mol. The molecule has 0 aromatic heterocycles. The third-order valence-electron chi connectivity index (χ3n) is 3.01. The van der Waals surface area contributed by atoms with Crippen molar-refractivity contribution in [2.24, 2.45) is 5.73 Å². The van der Waals surface area contributed by atoms with Gasteiger partial charge in [-0.15, -0.1) is 0 Å². The Morgan fingerprint density at radius 1 is 1.33 bits per heavy atom. The van der Waals surface area contributed by atoms with Crippen LogP contribution in [0.3, 0.4) is 0 Å². The van der Waals surface area contributed by atoms with Crippen LogP contribution in [0.4, 0.5) is 0 Å². The molecule has 0 amide bonds. The molecule has 0 atom stereocenters. The molecule has 0 unspecified atom stereocenters. The number of ether oxygens (including phenoxy) is 1. The highest BCUT2D eigenvalue weighted by molar-refractivity contribution is 5.37. The first-order valence-corrected chi connectivity index (χ1v) is 6.61. The second-order valence-electron chi connectivity index (χ2n) is 5.42. The second-order valence-corrected chi connectivity index (χ2v) is 5.42. The summed E-state index contributed by atoms with van der Waals surface area (Å²) in [7, 11) is 1.72. The Balaban J connectivity index is 2.54. The van der Waals surface area contributed by atoms with Crippen LogP contribution in [0.25, 0.3) is 0 Å². The molecule has 18 heavy (non-hydrogen) atoms. The van der Waals surface area contributed by atoms with E-state index in [1.807, 2.05) is 19.9 Å². The number of aryl methyl sites for hydroxylation is 1. The molecule has 1 rings (SSSR count). The fraction of sp³-hybridized carbons (Fsp3) is 0.600. The van der Waals surface area contributed by atoms with Crippen molar-refractivity contribution in [3.05, 3.63) is 29.3 Å². The van der Waals surface area contributed by atoms with Crippen molar-refractivity contribution in [2.45, 2.75) is 45.7 Å². The monoisotopic (exact) mass is 250 g/mol. The Labute approximate surface area is 111 Å². The van der Waals surface area contributed by atoms with Crippen LogP contribution in [-0.2, 0) is 13.0 Å².